The van der Waals surface area contributed by atoms with Crippen LogP contribution in [-0.4, -0.2) is 18.7 Å². The lowest BCUT2D eigenvalue weighted by Crippen LogP contribution is -2.21. The van der Waals surface area contributed by atoms with Crippen molar-refractivity contribution >= 4 is 34.7 Å². The maximum atomic E-state index is 14.4. The van der Waals surface area contributed by atoms with Crippen molar-refractivity contribution in [1.82, 2.24) is 14.7 Å². The number of nitrogens with one attached hydrogen (secondary N) is 2. The van der Waals surface area contributed by atoms with Gasteiger partial charge in [0.15, 0.2) is 0 Å². The van der Waals surface area contributed by atoms with Crippen LogP contribution >= 0.6 is 12.4 Å². The molecule has 0 aliphatic rings. The second-order valence-corrected chi connectivity index (χ2v) is 5.96. The minimum atomic E-state index is -2.48. The minimum Gasteiger partial charge on any atom is -0.760 e. The van der Waals surface area contributed by atoms with Gasteiger partial charge in [0.25, 0.3) is 0 Å². The van der Waals surface area contributed by atoms with Crippen molar-refractivity contribution in [3.05, 3.63) is 64.3 Å². The van der Waals surface area contributed by atoms with Crippen LogP contribution in [0, 0.1) is 5.82 Å². The second kappa shape index (κ2) is 7.83. The lowest BCUT2D eigenvalue weighted by Gasteiger charge is -2.17. The zero-order chi connectivity index (χ0) is 17.3. The van der Waals surface area contributed by atoms with Crippen LogP contribution in [0.2, 0.25) is 0 Å². The summed E-state index contributed by atoms with van der Waals surface area (Å²) in [6.07, 6.45) is 1.53. The Morgan fingerprint density at radius 1 is 1.28 bits per heavy atom. The van der Waals surface area contributed by atoms with E-state index in [4.69, 9.17) is 0 Å². The highest BCUT2D eigenvalue weighted by atomic mass is 35.5. The van der Waals surface area contributed by atoms with Gasteiger partial charge in [-0.2, -0.15) is 0 Å². The van der Waals surface area contributed by atoms with E-state index in [1.54, 1.807) is 25.1 Å². The Labute approximate surface area is 151 Å². The molecule has 9 heteroatoms. The molecule has 0 radical (unpaired) electrons. The van der Waals surface area contributed by atoms with E-state index < -0.39 is 23.1 Å². The average molecular weight is 383 g/mol. The minimum absolute atomic E-state index is 0. The molecule has 3 rings (SSSR count). The molecule has 1 aromatic carbocycles. The second-order valence-electron chi connectivity index (χ2n) is 5.25. The first kappa shape index (κ1) is 19.2. The molecule has 0 bridgehead atoms. The highest BCUT2D eigenvalue weighted by Crippen LogP contribution is 2.29. The fraction of sp³-hybridized carbons (Fsp3) is 0.125. The number of hydrogen-bond acceptors (Lipinski definition) is 4. The molecule has 25 heavy (non-hydrogen) atoms. The predicted octanol–water partition coefficient (Wildman–Crippen LogP) is 2.60. The molecule has 2 aromatic heterocycles. The molecule has 2 unspecified atom stereocenters. The van der Waals surface area contributed by atoms with Gasteiger partial charge in [-0.15, -0.1) is 12.4 Å². The summed E-state index contributed by atoms with van der Waals surface area (Å²) in [4.78, 5) is 18.1. The highest BCUT2D eigenvalue weighted by molar-refractivity contribution is 7.77. The summed E-state index contributed by atoms with van der Waals surface area (Å²) in [6, 6.07) is 8.63. The molecule has 2 heterocycles. The monoisotopic (exact) mass is 382 g/mol. The van der Waals surface area contributed by atoms with Crippen molar-refractivity contribution in [2.75, 3.05) is 0 Å². The first-order valence-electron chi connectivity index (χ1n) is 7.09. The third-order valence-corrected chi connectivity index (χ3v) is 4.23. The topological polar surface area (TPSA) is 97.9 Å². The number of aromatic nitrogens is 2. The third kappa shape index (κ3) is 4.10. The Hall–Kier alpha value is -2.13. The van der Waals surface area contributed by atoms with E-state index in [0.29, 0.717) is 16.6 Å². The number of nitrogens with zero attached hydrogens (tertiary/aromatic N) is 1. The molecule has 0 saturated carbocycles. The summed E-state index contributed by atoms with van der Waals surface area (Å²) in [7, 11) is 0. The van der Waals surface area contributed by atoms with Gasteiger partial charge in [0, 0.05) is 40.5 Å². The number of pyridine rings is 2. The molecule has 0 fully saturated rings. The lowest BCUT2D eigenvalue weighted by molar-refractivity contribution is 0.506. The smallest absolute Gasteiger partial charge is 0.249 e. The number of H-pyrrole nitrogens is 1. The van der Waals surface area contributed by atoms with Crippen molar-refractivity contribution in [2.45, 2.75) is 13.0 Å². The maximum absolute atomic E-state index is 14.4. The van der Waals surface area contributed by atoms with Crippen molar-refractivity contribution < 1.29 is 13.2 Å². The van der Waals surface area contributed by atoms with E-state index in [1.807, 2.05) is 0 Å². The molecular formula is C16H14ClFN3O3S-. The third-order valence-electron chi connectivity index (χ3n) is 3.68. The van der Waals surface area contributed by atoms with Crippen LogP contribution in [0.4, 0.5) is 4.39 Å². The molecule has 132 valence electrons. The van der Waals surface area contributed by atoms with Crippen LogP contribution in [0.1, 0.15) is 18.5 Å². The average Bonchev–Trinajstić information content (AvgIpc) is 2.53. The van der Waals surface area contributed by atoms with Crippen LogP contribution in [0.3, 0.4) is 0 Å². The van der Waals surface area contributed by atoms with Gasteiger partial charge in [-0.1, -0.05) is 12.1 Å². The summed E-state index contributed by atoms with van der Waals surface area (Å²) in [5.41, 5.74) is 1.72. The molecular weight excluding hydrogens is 369 g/mol. The van der Waals surface area contributed by atoms with Crippen molar-refractivity contribution in [3.63, 3.8) is 0 Å². The Morgan fingerprint density at radius 3 is 2.72 bits per heavy atom. The fourth-order valence-corrected chi connectivity index (χ4v) is 2.98. The quantitative estimate of drug-likeness (QED) is 0.677. The van der Waals surface area contributed by atoms with Crippen molar-refractivity contribution in [3.8, 4) is 11.1 Å². The summed E-state index contributed by atoms with van der Waals surface area (Å²) in [5.74, 6) is -0.521. The highest BCUT2D eigenvalue weighted by Gasteiger charge is 2.13. The van der Waals surface area contributed by atoms with Gasteiger partial charge in [-0.05, 0) is 36.2 Å². The van der Waals surface area contributed by atoms with E-state index in [0.717, 1.165) is 5.56 Å². The molecule has 3 aromatic rings. The zero-order valence-corrected chi connectivity index (χ0v) is 14.6. The van der Waals surface area contributed by atoms with Crippen molar-refractivity contribution in [1.29, 1.82) is 0 Å². The Bertz CT molecular complexity index is 996. The molecule has 0 aliphatic carbocycles. The van der Waals surface area contributed by atoms with Gasteiger partial charge in [0.2, 0.25) is 5.56 Å². The first-order chi connectivity index (χ1) is 11.5. The molecule has 2 N–H and O–H groups in total. The van der Waals surface area contributed by atoms with Gasteiger partial charge in [-0.3, -0.25) is 9.00 Å². The van der Waals surface area contributed by atoms with Gasteiger partial charge in [0.05, 0.1) is 0 Å². The largest absolute Gasteiger partial charge is 0.760 e. The van der Waals surface area contributed by atoms with E-state index in [2.05, 4.69) is 14.7 Å². The molecule has 0 saturated heterocycles. The standard InChI is InChI=1S/C16H14FN3O3S.ClH/c1-9(20-24(22)23)11-3-2-10(8-14(11)17)12-6-7-18-16-13(12)4-5-15(21)19-16;/h2-9,20H,1H3,(H,22,23)(H,18,19,21);1H/p-1. The van der Waals surface area contributed by atoms with E-state index >= 15 is 0 Å². The van der Waals surface area contributed by atoms with Crippen LogP contribution in [0.5, 0.6) is 0 Å². The van der Waals surface area contributed by atoms with Gasteiger partial charge in [-0.25, -0.2) is 14.1 Å². The number of aromatic amines is 1. The van der Waals surface area contributed by atoms with E-state index in [-0.39, 0.29) is 23.5 Å². The molecule has 0 spiro atoms. The van der Waals surface area contributed by atoms with Crippen LogP contribution in [-0.2, 0) is 11.3 Å². The summed E-state index contributed by atoms with van der Waals surface area (Å²) in [5, 5.41) is 0.691. The number of hydrogen-bond donors (Lipinski definition) is 2. The summed E-state index contributed by atoms with van der Waals surface area (Å²) in [6.45, 7) is 1.56. The zero-order valence-electron chi connectivity index (χ0n) is 13.0. The summed E-state index contributed by atoms with van der Waals surface area (Å²) >= 11 is -2.48. The summed E-state index contributed by atoms with van der Waals surface area (Å²) < 4.78 is 38.0. The Morgan fingerprint density at radius 2 is 2.04 bits per heavy atom. The van der Waals surface area contributed by atoms with Crippen LogP contribution in [0.25, 0.3) is 22.2 Å². The lowest BCUT2D eigenvalue weighted by atomic mass is 9.99. The number of fused-ring (bicyclic) bond motifs is 1. The van der Waals surface area contributed by atoms with Gasteiger partial charge in [0.1, 0.15) is 11.5 Å². The van der Waals surface area contributed by atoms with E-state index in [1.165, 1.54) is 24.4 Å². The van der Waals surface area contributed by atoms with Gasteiger partial charge >= 0.3 is 0 Å². The normalized spacial score (nSPS) is 13.2. The first-order valence-corrected chi connectivity index (χ1v) is 8.16. The van der Waals surface area contributed by atoms with Crippen LogP contribution < -0.4 is 10.3 Å². The van der Waals surface area contributed by atoms with Crippen molar-refractivity contribution in [2.24, 2.45) is 0 Å². The Balaban J connectivity index is 0.00000225. The molecule has 0 aliphatic heterocycles. The SMILES string of the molecule is CC(NS(=O)[O-])c1ccc(-c2ccnc3[nH]c(=O)ccc23)cc1F.Cl. The maximum Gasteiger partial charge on any atom is 0.249 e. The molecule has 2 atom stereocenters. The van der Waals surface area contributed by atoms with Gasteiger partial charge < -0.3 is 9.54 Å². The number of halogens is 2. The molecule has 0 amide bonds. The predicted molar refractivity (Wildman–Crippen MR) is 95.5 cm³/mol. The molecule has 6 nitrogen and oxygen atoms in total. The number of rotatable bonds is 4. The number of benzene rings is 1. The van der Waals surface area contributed by atoms with Crippen LogP contribution in [0.15, 0.2) is 47.4 Å². The Kier molecular flexibility index (Phi) is 6.02. The fourth-order valence-electron chi connectivity index (χ4n) is 2.56. The van der Waals surface area contributed by atoms with E-state index in [9.17, 15) is 17.9 Å².